The van der Waals surface area contributed by atoms with Gasteiger partial charge in [0.05, 0.1) is 5.54 Å². The maximum absolute atomic E-state index is 5.45. The van der Waals surface area contributed by atoms with E-state index in [0.29, 0.717) is 0 Å². The lowest BCUT2D eigenvalue weighted by Crippen LogP contribution is -2.39. The molecule has 0 spiro atoms. The highest BCUT2D eigenvalue weighted by Gasteiger charge is 2.25. The zero-order chi connectivity index (χ0) is 13.3. The highest BCUT2D eigenvalue weighted by Crippen LogP contribution is 2.26. The maximum Gasteiger partial charge on any atom is 0.0552 e. The zero-order valence-electron chi connectivity index (χ0n) is 11.6. The van der Waals surface area contributed by atoms with E-state index < -0.39 is 0 Å². The predicted octanol–water partition coefficient (Wildman–Crippen LogP) is 3.60. The second-order valence-electron chi connectivity index (χ2n) is 4.57. The van der Waals surface area contributed by atoms with Gasteiger partial charge in [-0.1, -0.05) is 44.2 Å². The van der Waals surface area contributed by atoms with Crippen LogP contribution in [0.2, 0.25) is 0 Å². The van der Waals surface area contributed by atoms with Crippen LogP contribution in [0.1, 0.15) is 33.6 Å². The number of nitrogens with zero attached hydrogens (tertiary/aromatic N) is 1. The van der Waals surface area contributed by atoms with E-state index in [1.165, 1.54) is 5.57 Å². The molecule has 0 aliphatic carbocycles. The Morgan fingerprint density at radius 1 is 1.35 bits per heavy atom. The molecular weight excluding hydrogens is 208 g/mol. The Hall–Kier alpha value is -1.44. The van der Waals surface area contributed by atoms with Crippen molar-refractivity contribution in [3.05, 3.63) is 48.9 Å². The van der Waals surface area contributed by atoms with Crippen molar-refractivity contribution in [3.8, 4) is 0 Å². The van der Waals surface area contributed by atoms with Crippen molar-refractivity contribution in [2.24, 2.45) is 5.73 Å². The molecule has 0 fully saturated rings. The van der Waals surface area contributed by atoms with Crippen LogP contribution in [-0.4, -0.2) is 17.5 Å². The minimum Gasteiger partial charge on any atom is -0.403 e. The summed E-state index contributed by atoms with van der Waals surface area (Å²) in [5.74, 6) is 0. The number of nitrogens with two attached hydrogens (primary N) is 1. The summed E-state index contributed by atoms with van der Waals surface area (Å²) in [6, 6.07) is 0. The van der Waals surface area contributed by atoms with Crippen LogP contribution < -0.4 is 5.73 Å². The van der Waals surface area contributed by atoms with Gasteiger partial charge in [-0.15, -0.1) is 0 Å². The molecule has 0 aromatic heterocycles. The van der Waals surface area contributed by atoms with E-state index >= 15 is 0 Å². The van der Waals surface area contributed by atoms with Gasteiger partial charge >= 0.3 is 0 Å². The third-order valence-electron chi connectivity index (χ3n) is 3.04. The van der Waals surface area contributed by atoms with Gasteiger partial charge in [0.25, 0.3) is 0 Å². The van der Waals surface area contributed by atoms with Crippen molar-refractivity contribution in [3.63, 3.8) is 0 Å². The Kier molecular flexibility index (Phi) is 7.11. The summed E-state index contributed by atoms with van der Waals surface area (Å²) in [5.41, 5.74) is 6.81. The minimum atomic E-state index is -0.0304. The van der Waals surface area contributed by atoms with Crippen molar-refractivity contribution < 1.29 is 0 Å². The standard InChI is InChI=1S/C15H26N2/c1-6-8-9-11-14(10-7-2)15(3,4)17(5)13-12-16/h6,8-9,11-13H,1,7,10,16H2,2-5H3/b9-8-,13-12-,14-11-. The monoisotopic (exact) mass is 234 g/mol. The van der Waals surface area contributed by atoms with Crippen LogP contribution in [0, 0.1) is 0 Å². The Labute approximate surface area is 106 Å². The summed E-state index contributed by atoms with van der Waals surface area (Å²) in [4.78, 5) is 2.14. The average molecular weight is 234 g/mol. The first-order valence-corrected chi connectivity index (χ1v) is 6.10. The Morgan fingerprint density at radius 3 is 2.47 bits per heavy atom. The number of allylic oxidation sites excluding steroid dienone is 4. The summed E-state index contributed by atoms with van der Waals surface area (Å²) < 4.78 is 0. The summed E-state index contributed by atoms with van der Waals surface area (Å²) in [6.07, 6.45) is 13.6. The van der Waals surface area contributed by atoms with Crippen molar-refractivity contribution >= 4 is 0 Å². The molecule has 0 atom stereocenters. The van der Waals surface area contributed by atoms with E-state index in [1.54, 1.807) is 12.3 Å². The number of likely N-dealkylation sites (N-methyl/N-ethyl adjacent to an activating group) is 1. The van der Waals surface area contributed by atoms with Crippen LogP contribution in [0.4, 0.5) is 0 Å². The molecule has 17 heavy (non-hydrogen) atoms. The summed E-state index contributed by atoms with van der Waals surface area (Å²) in [5, 5.41) is 0. The van der Waals surface area contributed by atoms with Gasteiger partial charge in [-0.25, -0.2) is 0 Å². The van der Waals surface area contributed by atoms with Crippen molar-refractivity contribution in [1.29, 1.82) is 0 Å². The van der Waals surface area contributed by atoms with E-state index in [9.17, 15) is 0 Å². The summed E-state index contributed by atoms with van der Waals surface area (Å²) in [7, 11) is 2.05. The molecule has 0 rings (SSSR count). The van der Waals surface area contributed by atoms with Crippen LogP contribution in [-0.2, 0) is 0 Å². The second-order valence-corrected chi connectivity index (χ2v) is 4.57. The lowest BCUT2D eigenvalue weighted by atomic mass is 9.88. The van der Waals surface area contributed by atoms with Crippen molar-refractivity contribution in [2.75, 3.05) is 7.05 Å². The second kappa shape index (κ2) is 7.77. The predicted molar refractivity (Wildman–Crippen MR) is 77.5 cm³/mol. The molecule has 0 saturated carbocycles. The summed E-state index contributed by atoms with van der Waals surface area (Å²) in [6.45, 7) is 10.3. The molecule has 0 saturated heterocycles. The average Bonchev–Trinajstić information content (AvgIpc) is 2.28. The van der Waals surface area contributed by atoms with Crippen molar-refractivity contribution in [2.45, 2.75) is 39.2 Å². The first-order valence-electron chi connectivity index (χ1n) is 6.10. The van der Waals surface area contributed by atoms with Gasteiger partial charge in [0.15, 0.2) is 0 Å². The van der Waals surface area contributed by atoms with E-state index in [4.69, 9.17) is 5.73 Å². The van der Waals surface area contributed by atoms with Gasteiger partial charge in [0, 0.05) is 19.4 Å². The van der Waals surface area contributed by atoms with Gasteiger partial charge in [-0.05, 0) is 25.8 Å². The van der Waals surface area contributed by atoms with Gasteiger partial charge in [-0.2, -0.15) is 0 Å². The highest BCUT2D eigenvalue weighted by molar-refractivity contribution is 5.25. The SMILES string of the molecule is C=C/C=C\C=C(\CCC)C(C)(C)N(C)/C=C\N. The van der Waals surface area contributed by atoms with Crippen molar-refractivity contribution in [1.82, 2.24) is 4.90 Å². The Balaban J connectivity index is 5.07. The first-order chi connectivity index (χ1) is 8.00. The number of hydrogen-bond acceptors (Lipinski definition) is 2. The number of hydrogen-bond donors (Lipinski definition) is 1. The lowest BCUT2D eigenvalue weighted by molar-refractivity contribution is 0.262. The van der Waals surface area contributed by atoms with Gasteiger partial charge in [0.2, 0.25) is 0 Å². The minimum absolute atomic E-state index is 0.0304. The molecule has 0 amide bonds. The third-order valence-corrected chi connectivity index (χ3v) is 3.04. The Morgan fingerprint density at radius 2 is 2.00 bits per heavy atom. The Bertz CT molecular complexity index is 309. The molecule has 96 valence electrons. The fourth-order valence-corrected chi connectivity index (χ4v) is 1.65. The van der Waals surface area contributed by atoms with Crippen LogP contribution in [0.15, 0.2) is 48.9 Å². The molecule has 2 nitrogen and oxygen atoms in total. The topological polar surface area (TPSA) is 29.3 Å². The largest absolute Gasteiger partial charge is 0.403 e. The van der Waals surface area contributed by atoms with E-state index in [2.05, 4.69) is 38.3 Å². The smallest absolute Gasteiger partial charge is 0.0552 e. The van der Waals surface area contributed by atoms with E-state index in [0.717, 1.165) is 12.8 Å². The molecule has 0 heterocycles. The van der Waals surface area contributed by atoms with Crippen LogP contribution in [0.25, 0.3) is 0 Å². The number of rotatable bonds is 7. The molecule has 2 heteroatoms. The molecule has 2 N–H and O–H groups in total. The third kappa shape index (κ3) is 4.94. The lowest BCUT2D eigenvalue weighted by Gasteiger charge is -2.37. The molecule has 0 unspecified atom stereocenters. The summed E-state index contributed by atoms with van der Waals surface area (Å²) >= 11 is 0. The van der Waals surface area contributed by atoms with E-state index in [1.807, 2.05) is 25.4 Å². The van der Waals surface area contributed by atoms with Gasteiger partial charge < -0.3 is 10.6 Å². The fraction of sp³-hybridized carbons (Fsp3) is 0.467. The van der Waals surface area contributed by atoms with Gasteiger partial charge in [-0.3, -0.25) is 0 Å². The molecule has 0 aliphatic rings. The molecule has 0 aromatic rings. The zero-order valence-corrected chi connectivity index (χ0v) is 11.6. The molecule has 0 aromatic carbocycles. The maximum atomic E-state index is 5.45. The fourth-order valence-electron chi connectivity index (χ4n) is 1.65. The molecular formula is C15H26N2. The first kappa shape index (κ1) is 15.6. The molecule has 0 aliphatic heterocycles. The van der Waals surface area contributed by atoms with Crippen LogP contribution in [0.3, 0.4) is 0 Å². The van der Waals surface area contributed by atoms with E-state index in [-0.39, 0.29) is 5.54 Å². The molecule has 0 radical (unpaired) electrons. The van der Waals surface area contributed by atoms with Gasteiger partial charge in [0.1, 0.15) is 0 Å². The van der Waals surface area contributed by atoms with Crippen LogP contribution in [0.5, 0.6) is 0 Å². The normalized spacial score (nSPS) is 13.5. The quantitative estimate of drug-likeness (QED) is 0.682. The molecule has 0 bridgehead atoms. The highest BCUT2D eigenvalue weighted by atomic mass is 15.1. The van der Waals surface area contributed by atoms with Crippen LogP contribution >= 0.6 is 0 Å².